The van der Waals surface area contributed by atoms with E-state index in [2.05, 4.69) is 27.5 Å². The number of hydrogen-bond donors (Lipinski definition) is 3. The van der Waals surface area contributed by atoms with Crippen LogP contribution in [0.2, 0.25) is 0 Å². The summed E-state index contributed by atoms with van der Waals surface area (Å²) in [5.74, 6) is -0.492. The average Bonchev–Trinajstić information content (AvgIpc) is 2.64. The second kappa shape index (κ2) is 8.40. The normalized spacial score (nSPS) is 19.2. The number of rotatable bonds is 4. The number of piperidine rings is 2. The van der Waals surface area contributed by atoms with Gasteiger partial charge in [-0.2, -0.15) is 0 Å². The number of hydrogen-bond acceptors (Lipinski definition) is 4. The maximum atomic E-state index is 12.5. The molecule has 2 fully saturated rings. The lowest BCUT2D eigenvalue weighted by atomic mass is 10.1. The highest BCUT2D eigenvalue weighted by atomic mass is 16.2. The molecule has 142 valence electrons. The third kappa shape index (κ3) is 4.66. The van der Waals surface area contributed by atoms with Gasteiger partial charge in [-0.1, -0.05) is 0 Å². The monoisotopic (exact) mass is 359 g/mol. The third-order valence-corrected chi connectivity index (χ3v) is 5.28. The van der Waals surface area contributed by atoms with Gasteiger partial charge in [0.05, 0.1) is 11.4 Å². The molecule has 0 aliphatic carbocycles. The zero-order valence-corrected chi connectivity index (χ0v) is 15.5. The van der Waals surface area contributed by atoms with Gasteiger partial charge in [0.15, 0.2) is 0 Å². The third-order valence-electron chi connectivity index (χ3n) is 5.28. The van der Waals surface area contributed by atoms with Gasteiger partial charge < -0.3 is 26.2 Å². The quantitative estimate of drug-likeness (QED) is 0.767. The molecule has 7 nitrogen and oxygen atoms in total. The molecule has 0 atom stereocenters. The van der Waals surface area contributed by atoms with Crippen LogP contribution in [-0.2, 0) is 0 Å². The number of carbonyl (C=O) groups is 2. The fourth-order valence-electron chi connectivity index (χ4n) is 3.70. The van der Waals surface area contributed by atoms with E-state index in [1.807, 2.05) is 6.07 Å². The number of likely N-dealkylation sites (tertiary alicyclic amines) is 1. The zero-order chi connectivity index (χ0) is 18.5. The Morgan fingerprint density at radius 1 is 1.08 bits per heavy atom. The molecule has 3 amide bonds. The molecule has 2 heterocycles. The van der Waals surface area contributed by atoms with Gasteiger partial charge in [-0.15, -0.1) is 0 Å². The lowest BCUT2D eigenvalue weighted by Crippen LogP contribution is -2.45. The molecule has 4 N–H and O–H groups in total. The maximum Gasteiger partial charge on any atom is 0.319 e. The summed E-state index contributed by atoms with van der Waals surface area (Å²) in [6.45, 7) is 3.89. The van der Waals surface area contributed by atoms with E-state index in [9.17, 15) is 9.59 Å². The summed E-state index contributed by atoms with van der Waals surface area (Å²) in [5.41, 5.74) is 7.42. The van der Waals surface area contributed by atoms with Crippen molar-refractivity contribution in [2.75, 3.05) is 43.4 Å². The Labute approximate surface area is 154 Å². The molecule has 0 unspecified atom stereocenters. The highest BCUT2D eigenvalue weighted by Gasteiger charge is 2.21. The van der Waals surface area contributed by atoms with Gasteiger partial charge in [0.2, 0.25) is 5.91 Å². The van der Waals surface area contributed by atoms with Crippen LogP contribution in [0.25, 0.3) is 0 Å². The van der Waals surface area contributed by atoms with Crippen LogP contribution in [0.15, 0.2) is 18.2 Å². The molecule has 1 aromatic rings. The molecule has 3 rings (SSSR count). The van der Waals surface area contributed by atoms with Crippen molar-refractivity contribution >= 4 is 23.3 Å². The van der Waals surface area contributed by atoms with Crippen LogP contribution >= 0.6 is 0 Å². The van der Waals surface area contributed by atoms with Crippen molar-refractivity contribution in [3.05, 3.63) is 23.8 Å². The van der Waals surface area contributed by atoms with E-state index in [1.54, 1.807) is 12.1 Å². The Balaban J connectivity index is 1.72. The Morgan fingerprint density at radius 3 is 2.42 bits per heavy atom. The van der Waals surface area contributed by atoms with Gasteiger partial charge in [-0.05, 0) is 70.4 Å². The van der Waals surface area contributed by atoms with Crippen molar-refractivity contribution in [2.45, 2.75) is 38.1 Å². The number of urea groups is 1. The number of anilines is 2. The molecule has 0 spiro atoms. The number of nitrogens with zero attached hydrogens (tertiary/aromatic N) is 2. The molecule has 0 bridgehead atoms. The predicted molar refractivity (Wildman–Crippen MR) is 104 cm³/mol. The summed E-state index contributed by atoms with van der Waals surface area (Å²) >= 11 is 0. The standard InChI is InChI=1S/C19H29N5O2/c1-23-11-7-15(8-12-23)21-19(26)22-16-13-14(18(20)25)5-6-17(16)24-9-3-2-4-10-24/h5-6,13,15H,2-4,7-12H2,1H3,(H2,20,25)(H2,21,22,26). The van der Waals surface area contributed by atoms with E-state index in [0.717, 1.165) is 57.5 Å². The first-order valence-corrected chi connectivity index (χ1v) is 9.48. The summed E-state index contributed by atoms with van der Waals surface area (Å²) in [5, 5.41) is 6.00. The van der Waals surface area contributed by atoms with Crippen LogP contribution in [0.1, 0.15) is 42.5 Å². The van der Waals surface area contributed by atoms with Gasteiger partial charge in [0.25, 0.3) is 0 Å². The fourth-order valence-corrected chi connectivity index (χ4v) is 3.70. The Hall–Kier alpha value is -2.28. The van der Waals surface area contributed by atoms with E-state index in [-0.39, 0.29) is 12.1 Å². The summed E-state index contributed by atoms with van der Waals surface area (Å²) in [7, 11) is 2.09. The van der Waals surface area contributed by atoms with E-state index in [0.29, 0.717) is 11.3 Å². The van der Waals surface area contributed by atoms with Crippen molar-refractivity contribution in [3.63, 3.8) is 0 Å². The summed E-state index contributed by atoms with van der Waals surface area (Å²) in [6, 6.07) is 5.26. The number of primary amides is 1. The van der Waals surface area contributed by atoms with Crippen molar-refractivity contribution in [3.8, 4) is 0 Å². The smallest absolute Gasteiger partial charge is 0.319 e. The van der Waals surface area contributed by atoms with Crippen molar-refractivity contribution in [1.82, 2.24) is 10.2 Å². The summed E-state index contributed by atoms with van der Waals surface area (Å²) in [6.07, 6.45) is 5.40. The zero-order valence-electron chi connectivity index (χ0n) is 15.5. The minimum absolute atomic E-state index is 0.184. The molecule has 2 saturated heterocycles. The van der Waals surface area contributed by atoms with Crippen LogP contribution in [0.4, 0.5) is 16.2 Å². The van der Waals surface area contributed by atoms with Gasteiger partial charge in [0, 0.05) is 24.7 Å². The van der Waals surface area contributed by atoms with Gasteiger partial charge in [-0.25, -0.2) is 4.79 Å². The van der Waals surface area contributed by atoms with Crippen molar-refractivity contribution in [2.24, 2.45) is 5.73 Å². The topological polar surface area (TPSA) is 90.7 Å². The Bertz CT molecular complexity index is 649. The lowest BCUT2D eigenvalue weighted by molar-refractivity contribution is 0.100. The summed E-state index contributed by atoms with van der Waals surface area (Å²) in [4.78, 5) is 28.6. The molecule has 26 heavy (non-hydrogen) atoms. The van der Waals surface area contributed by atoms with Crippen molar-refractivity contribution in [1.29, 1.82) is 0 Å². The van der Waals surface area contributed by atoms with Crippen LogP contribution in [0.5, 0.6) is 0 Å². The number of carbonyl (C=O) groups excluding carboxylic acids is 2. The van der Waals surface area contributed by atoms with Crippen LogP contribution < -0.4 is 21.3 Å². The number of nitrogens with two attached hydrogens (primary N) is 1. The lowest BCUT2D eigenvalue weighted by Gasteiger charge is -2.31. The molecule has 1 aromatic carbocycles. The van der Waals surface area contributed by atoms with Gasteiger partial charge in [0.1, 0.15) is 0 Å². The molecule has 2 aliphatic rings. The largest absolute Gasteiger partial charge is 0.370 e. The van der Waals surface area contributed by atoms with E-state index in [4.69, 9.17) is 5.73 Å². The molecule has 2 aliphatic heterocycles. The Kier molecular flexibility index (Phi) is 5.98. The van der Waals surface area contributed by atoms with Crippen molar-refractivity contribution < 1.29 is 9.59 Å². The second-order valence-electron chi connectivity index (χ2n) is 7.32. The number of nitrogens with one attached hydrogen (secondary N) is 2. The first-order valence-electron chi connectivity index (χ1n) is 9.48. The van der Waals surface area contributed by atoms with Crippen LogP contribution in [0, 0.1) is 0 Å². The van der Waals surface area contributed by atoms with E-state index < -0.39 is 5.91 Å². The van der Waals surface area contributed by atoms with Gasteiger partial charge in [-0.3, -0.25) is 4.79 Å². The maximum absolute atomic E-state index is 12.5. The van der Waals surface area contributed by atoms with Crippen LogP contribution in [-0.4, -0.2) is 56.1 Å². The fraction of sp³-hybridized carbons (Fsp3) is 0.579. The Morgan fingerprint density at radius 2 is 1.77 bits per heavy atom. The first-order chi connectivity index (χ1) is 12.5. The second-order valence-corrected chi connectivity index (χ2v) is 7.32. The predicted octanol–water partition coefficient (Wildman–Crippen LogP) is 1.99. The highest BCUT2D eigenvalue weighted by molar-refractivity contribution is 5.99. The number of amides is 3. The van der Waals surface area contributed by atoms with Crippen LogP contribution in [0.3, 0.4) is 0 Å². The van der Waals surface area contributed by atoms with E-state index in [1.165, 1.54) is 6.42 Å². The molecule has 0 saturated carbocycles. The molecule has 0 radical (unpaired) electrons. The first kappa shape index (κ1) is 18.5. The molecule has 0 aromatic heterocycles. The van der Waals surface area contributed by atoms with E-state index >= 15 is 0 Å². The highest BCUT2D eigenvalue weighted by Crippen LogP contribution is 2.29. The SMILES string of the molecule is CN1CCC(NC(=O)Nc2cc(C(N)=O)ccc2N2CCCCC2)CC1. The molecular weight excluding hydrogens is 330 g/mol. The average molecular weight is 359 g/mol. The molecular formula is C19H29N5O2. The van der Waals surface area contributed by atoms with Gasteiger partial charge >= 0.3 is 6.03 Å². The number of benzene rings is 1. The summed E-state index contributed by atoms with van der Waals surface area (Å²) < 4.78 is 0. The minimum Gasteiger partial charge on any atom is -0.370 e. The molecule has 7 heteroatoms. The minimum atomic E-state index is -0.492.